The molecule has 0 spiro atoms. The molecule has 2 heterocycles. The van der Waals surface area contributed by atoms with Crippen LogP contribution < -0.4 is 10.1 Å². The monoisotopic (exact) mass is 408 g/mol. The molecule has 0 atom stereocenters. The van der Waals surface area contributed by atoms with E-state index in [0.29, 0.717) is 34.4 Å². The summed E-state index contributed by atoms with van der Waals surface area (Å²) in [5, 5.41) is 3.44. The van der Waals surface area contributed by atoms with E-state index in [1.54, 1.807) is 49.5 Å². The van der Waals surface area contributed by atoms with Crippen molar-refractivity contribution >= 4 is 28.2 Å². The predicted octanol–water partition coefficient (Wildman–Crippen LogP) is 4.85. The van der Waals surface area contributed by atoms with Crippen LogP contribution in [0.25, 0.3) is 0 Å². The Balaban J connectivity index is 1.56. The van der Waals surface area contributed by atoms with Crippen molar-refractivity contribution in [2.75, 3.05) is 11.9 Å². The van der Waals surface area contributed by atoms with Crippen molar-refractivity contribution < 1.29 is 19.1 Å². The molecule has 2 aromatic heterocycles. The molecule has 1 amide bonds. The molecule has 3 aromatic rings. The van der Waals surface area contributed by atoms with Crippen LogP contribution in [0.15, 0.2) is 48.7 Å². The number of amides is 1. The highest BCUT2D eigenvalue weighted by Gasteiger charge is 2.28. The van der Waals surface area contributed by atoms with E-state index in [2.05, 4.69) is 10.3 Å². The predicted molar refractivity (Wildman–Crippen MR) is 111 cm³/mol. The number of hydrogen-bond donors (Lipinski definition) is 1. The van der Waals surface area contributed by atoms with E-state index < -0.39 is 0 Å². The highest BCUT2D eigenvalue weighted by molar-refractivity contribution is 7.17. The molecule has 1 aliphatic carbocycles. The highest BCUT2D eigenvalue weighted by atomic mass is 32.1. The van der Waals surface area contributed by atoms with Gasteiger partial charge in [-0.15, -0.1) is 11.3 Å². The van der Waals surface area contributed by atoms with Crippen molar-refractivity contribution in [1.29, 1.82) is 0 Å². The summed E-state index contributed by atoms with van der Waals surface area (Å²) >= 11 is 1.46. The molecule has 0 aliphatic heterocycles. The van der Waals surface area contributed by atoms with Crippen molar-refractivity contribution in [3.63, 3.8) is 0 Å². The van der Waals surface area contributed by atoms with Gasteiger partial charge in [-0.25, -0.2) is 9.78 Å². The summed E-state index contributed by atoms with van der Waals surface area (Å²) in [4.78, 5) is 30.6. The second-order valence-corrected chi connectivity index (χ2v) is 7.64. The van der Waals surface area contributed by atoms with Crippen LogP contribution in [0.2, 0.25) is 0 Å². The average Bonchev–Trinajstić information content (AvgIpc) is 3.30. The van der Waals surface area contributed by atoms with Gasteiger partial charge in [0.1, 0.15) is 10.8 Å². The fraction of sp³-hybridized carbons (Fsp3) is 0.227. The SMILES string of the molecule is CCOC(=O)c1c(NC(=O)c2cccc(Oc3ccccn3)c2)sc2c1CCC2. The third kappa shape index (κ3) is 4.14. The number of carbonyl (C=O) groups is 2. The summed E-state index contributed by atoms with van der Waals surface area (Å²) in [7, 11) is 0. The Morgan fingerprint density at radius 2 is 2.07 bits per heavy atom. The summed E-state index contributed by atoms with van der Waals surface area (Å²) in [6.07, 6.45) is 4.42. The Labute approximate surface area is 172 Å². The molecular formula is C22H20N2O4S. The number of esters is 1. The van der Waals surface area contributed by atoms with Gasteiger partial charge >= 0.3 is 5.97 Å². The molecule has 7 heteroatoms. The van der Waals surface area contributed by atoms with Crippen LogP contribution >= 0.6 is 11.3 Å². The van der Waals surface area contributed by atoms with E-state index in [-0.39, 0.29) is 11.9 Å². The number of aryl methyl sites for hydroxylation is 1. The van der Waals surface area contributed by atoms with Crippen LogP contribution in [0.3, 0.4) is 0 Å². The fourth-order valence-corrected chi connectivity index (χ4v) is 4.59. The number of thiophene rings is 1. The molecule has 0 radical (unpaired) electrons. The molecule has 4 rings (SSSR count). The van der Waals surface area contributed by atoms with Gasteiger partial charge in [0.25, 0.3) is 5.91 Å². The molecule has 1 aliphatic rings. The van der Waals surface area contributed by atoms with Gasteiger partial charge in [-0.1, -0.05) is 12.1 Å². The summed E-state index contributed by atoms with van der Waals surface area (Å²) in [6.45, 7) is 2.07. The number of nitrogens with zero attached hydrogens (tertiary/aromatic N) is 1. The van der Waals surface area contributed by atoms with E-state index in [0.717, 1.165) is 29.7 Å². The average molecular weight is 408 g/mol. The Morgan fingerprint density at radius 3 is 2.86 bits per heavy atom. The number of anilines is 1. The lowest BCUT2D eigenvalue weighted by atomic mass is 10.1. The molecule has 0 bridgehead atoms. The van der Waals surface area contributed by atoms with E-state index in [1.165, 1.54) is 11.3 Å². The first kappa shape index (κ1) is 19.1. The van der Waals surface area contributed by atoms with Crippen LogP contribution in [0.4, 0.5) is 5.00 Å². The fourth-order valence-electron chi connectivity index (χ4n) is 3.32. The third-order valence-corrected chi connectivity index (χ3v) is 5.79. The zero-order valence-electron chi connectivity index (χ0n) is 15.9. The number of rotatable bonds is 6. The highest BCUT2D eigenvalue weighted by Crippen LogP contribution is 2.39. The quantitative estimate of drug-likeness (QED) is 0.590. The van der Waals surface area contributed by atoms with Crippen molar-refractivity contribution in [3.8, 4) is 11.6 Å². The number of fused-ring (bicyclic) bond motifs is 1. The minimum atomic E-state index is -0.380. The molecule has 0 saturated heterocycles. The van der Waals surface area contributed by atoms with Gasteiger partial charge < -0.3 is 14.8 Å². The number of hydrogen-bond acceptors (Lipinski definition) is 6. The van der Waals surface area contributed by atoms with Gasteiger partial charge in [0, 0.05) is 22.7 Å². The first-order valence-corrected chi connectivity index (χ1v) is 10.3. The maximum atomic E-state index is 12.9. The second-order valence-electron chi connectivity index (χ2n) is 6.53. The minimum Gasteiger partial charge on any atom is -0.462 e. The van der Waals surface area contributed by atoms with E-state index in [9.17, 15) is 9.59 Å². The van der Waals surface area contributed by atoms with Gasteiger partial charge in [-0.05, 0) is 56.0 Å². The smallest absolute Gasteiger partial charge is 0.341 e. The van der Waals surface area contributed by atoms with Crippen LogP contribution in [0.1, 0.15) is 44.5 Å². The van der Waals surface area contributed by atoms with Crippen LogP contribution in [-0.4, -0.2) is 23.5 Å². The van der Waals surface area contributed by atoms with E-state index in [1.807, 2.05) is 6.07 Å². The number of nitrogens with one attached hydrogen (secondary N) is 1. The van der Waals surface area contributed by atoms with Crippen LogP contribution in [0, 0.1) is 0 Å². The summed E-state index contributed by atoms with van der Waals surface area (Å²) in [5.41, 5.74) is 1.94. The number of carbonyl (C=O) groups excluding carboxylic acids is 2. The van der Waals surface area contributed by atoms with Gasteiger partial charge in [0.2, 0.25) is 5.88 Å². The molecule has 0 fully saturated rings. The normalized spacial score (nSPS) is 12.3. The molecule has 0 unspecified atom stereocenters. The van der Waals surface area contributed by atoms with E-state index in [4.69, 9.17) is 9.47 Å². The lowest BCUT2D eigenvalue weighted by Crippen LogP contribution is -2.15. The van der Waals surface area contributed by atoms with Crippen LogP contribution in [-0.2, 0) is 17.6 Å². The topological polar surface area (TPSA) is 77.5 Å². The van der Waals surface area contributed by atoms with Gasteiger partial charge in [-0.2, -0.15) is 0 Å². The number of ether oxygens (including phenoxy) is 2. The minimum absolute atomic E-state index is 0.295. The largest absolute Gasteiger partial charge is 0.462 e. The number of aromatic nitrogens is 1. The molecule has 1 N–H and O–H groups in total. The summed E-state index contributed by atoms with van der Waals surface area (Å²) in [6, 6.07) is 12.2. The zero-order chi connectivity index (χ0) is 20.2. The molecule has 1 aromatic carbocycles. The number of pyridine rings is 1. The van der Waals surface area contributed by atoms with Crippen molar-refractivity contribution in [2.45, 2.75) is 26.2 Å². The summed E-state index contributed by atoms with van der Waals surface area (Å²) < 4.78 is 10.9. The first-order valence-electron chi connectivity index (χ1n) is 9.47. The third-order valence-electron chi connectivity index (χ3n) is 4.58. The molecule has 0 saturated carbocycles. The maximum absolute atomic E-state index is 12.9. The van der Waals surface area contributed by atoms with Crippen molar-refractivity contribution in [2.24, 2.45) is 0 Å². The maximum Gasteiger partial charge on any atom is 0.341 e. The number of benzene rings is 1. The standard InChI is InChI=1S/C22H20N2O4S/c1-2-27-22(26)19-16-9-6-10-17(16)29-21(19)24-20(25)14-7-5-8-15(13-14)28-18-11-3-4-12-23-18/h3-5,7-8,11-13H,2,6,9-10H2,1H3,(H,24,25). The van der Waals surface area contributed by atoms with Gasteiger partial charge in [0.15, 0.2) is 0 Å². The molecule has 29 heavy (non-hydrogen) atoms. The molecule has 6 nitrogen and oxygen atoms in total. The zero-order valence-corrected chi connectivity index (χ0v) is 16.8. The lowest BCUT2D eigenvalue weighted by molar-refractivity contribution is 0.0527. The first-order chi connectivity index (χ1) is 14.2. The molecular weight excluding hydrogens is 388 g/mol. The Hall–Kier alpha value is -3.19. The van der Waals surface area contributed by atoms with Gasteiger partial charge in [-0.3, -0.25) is 4.79 Å². The van der Waals surface area contributed by atoms with Crippen molar-refractivity contribution in [1.82, 2.24) is 4.98 Å². The lowest BCUT2D eigenvalue weighted by Gasteiger charge is -2.09. The van der Waals surface area contributed by atoms with Gasteiger partial charge in [0.05, 0.1) is 12.2 Å². The molecule has 148 valence electrons. The van der Waals surface area contributed by atoms with Crippen LogP contribution in [0.5, 0.6) is 11.6 Å². The second kappa shape index (κ2) is 8.45. The van der Waals surface area contributed by atoms with Crippen molar-refractivity contribution in [3.05, 3.63) is 70.2 Å². The Morgan fingerprint density at radius 1 is 1.17 bits per heavy atom. The van der Waals surface area contributed by atoms with E-state index >= 15 is 0 Å². The summed E-state index contributed by atoms with van der Waals surface area (Å²) in [5.74, 6) is 0.274. The Bertz CT molecular complexity index is 1050. The Kier molecular flexibility index (Phi) is 5.57.